The van der Waals surface area contributed by atoms with E-state index in [0.717, 1.165) is 10.0 Å². The van der Waals surface area contributed by atoms with Gasteiger partial charge in [-0.1, -0.05) is 28.1 Å². The highest BCUT2D eigenvalue weighted by molar-refractivity contribution is 9.10. The van der Waals surface area contributed by atoms with Crippen LogP contribution in [0.3, 0.4) is 0 Å². The summed E-state index contributed by atoms with van der Waals surface area (Å²) < 4.78 is 0.974. The number of hydrogen-bond donors (Lipinski definition) is 3. The molecule has 0 aliphatic carbocycles. The molecule has 0 radical (unpaired) electrons. The maximum atomic E-state index is 10.2. The van der Waals surface area contributed by atoms with Crippen LogP contribution in [0.25, 0.3) is 0 Å². The van der Waals surface area contributed by atoms with Gasteiger partial charge in [0.25, 0.3) is 0 Å². The normalized spacial score (nSPS) is 12.1. The highest BCUT2D eigenvalue weighted by atomic mass is 79.9. The molecule has 82 valence electrons. The third-order valence-electron chi connectivity index (χ3n) is 2.01. The molecule has 15 heavy (non-hydrogen) atoms. The topological polar surface area (TPSA) is 75.3 Å². The number of hydrogen-bond acceptors (Lipinski definition) is 2. The van der Waals surface area contributed by atoms with Gasteiger partial charge in [0.1, 0.15) is 0 Å². The van der Waals surface area contributed by atoms with Gasteiger partial charge in [-0.15, -0.1) is 0 Å². The second kappa shape index (κ2) is 5.72. The summed E-state index contributed by atoms with van der Waals surface area (Å²) in [4.78, 5) is 10.2. The molecule has 0 spiro atoms. The van der Waals surface area contributed by atoms with E-state index < -0.39 is 6.09 Å². The van der Waals surface area contributed by atoms with Gasteiger partial charge in [-0.2, -0.15) is 0 Å². The molecule has 0 aliphatic rings. The van der Waals surface area contributed by atoms with Gasteiger partial charge in [0.05, 0.1) is 0 Å². The lowest BCUT2D eigenvalue weighted by molar-refractivity contribution is 0.194. The molecule has 1 atom stereocenters. The highest BCUT2D eigenvalue weighted by Gasteiger charge is 2.06. The van der Waals surface area contributed by atoms with Crippen LogP contribution < -0.4 is 11.1 Å². The predicted octanol–water partition coefficient (Wildman–Crippen LogP) is 2.11. The fraction of sp³-hybridized carbons (Fsp3) is 0.300. The number of benzene rings is 1. The van der Waals surface area contributed by atoms with Crippen LogP contribution in [0.1, 0.15) is 18.0 Å². The minimum absolute atomic E-state index is 0.144. The Morgan fingerprint density at radius 1 is 1.60 bits per heavy atom. The van der Waals surface area contributed by atoms with E-state index in [4.69, 9.17) is 10.8 Å². The molecule has 1 aromatic rings. The summed E-state index contributed by atoms with van der Waals surface area (Å²) >= 11 is 3.36. The molecule has 0 aliphatic heterocycles. The van der Waals surface area contributed by atoms with Gasteiger partial charge in [-0.3, -0.25) is 0 Å². The first kappa shape index (κ1) is 12.0. The molecule has 0 fully saturated rings. The number of nitrogens with one attached hydrogen (secondary N) is 1. The van der Waals surface area contributed by atoms with Crippen molar-refractivity contribution < 1.29 is 9.90 Å². The number of carbonyl (C=O) groups is 1. The molecule has 5 heteroatoms. The van der Waals surface area contributed by atoms with E-state index in [1.54, 1.807) is 0 Å². The molecule has 1 amide bonds. The fourth-order valence-corrected chi connectivity index (χ4v) is 1.66. The number of nitrogens with two attached hydrogens (primary N) is 1. The standard InChI is InChI=1S/C10H13BrN2O2/c11-8-3-1-2-7(6-8)9(12)4-5-13-10(14)15/h1-3,6,9,13H,4-5,12H2,(H,14,15)/t9-/m1/s1. The van der Waals surface area contributed by atoms with E-state index >= 15 is 0 Å². The lowest BCUT2D eigenvalue weighted by atomic mass is 10.1. The summed E-state index contributed by atoms with van der Waals surface area (Å²) in [5.41, 5.74) is 6.89. The van der Waals surface area contributed by atoms with Crippen molar-refractivity contribution in [2.75, 3.05) is 6.54 Å². The van der Waals surface area contributed by atoms with Crippen LogP contribution in [0.2, 0.25) is 0 Å². The Hall–Kier alpha value is -1.07. The first-order valence-electron chi connectivity index (χ1n) is 4.57. The van der Waals surface area contributed by atoms with Crippen LogP contribution in [0.4, 0.5) is 4.79 Å². The Labute approximate surface area is 96.6 Å². The van der Waals surface area contributed by atoms with Crippen LogP contribution in [0.5, 0.6) is 0 Å². The van der Waals surface area contributed by atoms with Crippen LogP contribution in [-0.4, -0.2) is 17.7 Å². The molecular formula is C10H13BrN2O2. The number of amides is 1. The van der Waals surface area contributed by atoms with E-state index in [0.29, 0.717) is 13.0 Å². The molecule has 0 saturated heterocycles. The zero-order valence-electron chi connectivity index (χ0n) is 8.11. The smallest absolute Gasteiger partial charge is 0.404 e. The molecule has 0 aromatic heterocycles. The van der Waals surface area contributed by atoms with Gasteiger partial charge in [-0.05, 0) is 24.1 Å². The molecule has 0 heterocycles. The van der Waals surface area contributed by atoms with Gasteiger partial charge in [0, 0.05) is 17.1 Å². The number of halogens is 1. The number of carboxylic acid groups (broad SMARTS) is 1. The predicted molar refractivity (Wildman–Crippen MR) is 61.7 cm³/mol. The average Bonchev–Trinajstić information content (AvgIpc) is 2.17. The van der Waals surface area contributed by atoms with E-state index in [-0.39, 0.29) is 6.04 Å². The molecule has 4 nitrogen and oxygen atoms in total. The molecule has 0 unspecified atom stereocenters. The quantitative estimate of drug-likeness (QED) is 0.786. The summed E-state index contributed by atoms with van der Waals surface area (Å²) in [7, 11) is 0. The van der Waals surface area contributed by atoms with Crippen molar-refractivity contribution in [2.45, 2.75) is 12.5 Å². The van der Waals surface area contributed by atoms with Crippen molar-refractivity contribution in [3.63, 3.8) is 0 Å². The molecule has 4 N–H and O–H groups in total. The lowest BCUT2D eigenvalue weighted by Gasteiger charge is -2.11. The van der Waals surface area contributed by atoms with E-state index in [1.807, 2.05) is 24.3 Å². The largest absolute Gasteiger partial charge is 0.465 e. The van der Waals surface area contributed by atoms with Crippen LogP contribution in [-0.2, 0) is 0 Å². The maximum absolute atomic E-state index is 10.2. The monoisotopic (exact) mass is 272 g/mol. The molecular weight excluding hydrogens is 260 g/mol. The Kier molecular flexibility index (Phi) is 4.58. The first-order chi connectivity index (χ1) is 7.09. The minimum atomic E-state index is -1.02. The summed E-state index contributed by atoms with van der Waals surface area (Å²) in [6, 6.07) is 7.55. The Bertz CT molecular complexity index is 344. The summed E-state index contributed by atoms with van der Waals surface area (Å²) in [5, 5.41) is 10.7. The van der Waals surface area contributed by atoms with E-state index in [2.05, 4.69) is 21.2 Å². The van der Waals surface area contributed by atoms with E-state index in [9.17, 15) is 4.79 Å². The summed E-state index contributed by atoms with van der Waals surface area (Å²) in [6.07, 6.45) is -0.431. The zero-order valence-corrected chi connectivity index (χ0v) is 9.70. The summed E-state index contributed by atoms with van der Waals surface area (Å²) in [5.74, 6) is 0. The average molecular weight is 273 g/mol. The zero-order chi connectivity index (χ0) is 11.3. The van der Waals surface area contributed by atoms with Gasteiger partial charge >= 0.3 is 6.09 Å². The lowest BCUT2D eigenvalue weighted by Crippen LogP contribution is -2.25. The Balaban J connectivity index is 2.46. The van der Waals surface area contributed by atoms with Crippen molar-refractivity contribution in [3.8, 4) is 0 Å². The fourth-order valence-electron chi connectivity index (χ4n) is 1.24. The van der Waals surface area contributed by atoms with Crippen molar-refractivity contribution in [3.05, 3.63) is 34.3 Å². The van der Waals surface area contributed by atoms with Gasteiger partial charge in [0.2, 0.25) is 0 Å². The second-order valence-electron chi connectivity index (χ2n) is 3.18. The van der Waals surface area contributed by atoms with E-state index in [1.165, 1.54) is 0 Å². The van der Waals surface area contributed by atoms with Gasteiger partial charge in [0.15, 0.2) is 0 Å². The molecule has 0 saturated carbocycles. The van der Waals surface area contributed by atoms with Gasteiger partial charge in [-0.25, -0.2) is 4.79 Å². The Morgan fingerprint density at radius 3 is 2.93 bits per heavy atom. The van der Waals surface area contributed by atoms with Crippen molar-refractivity contribution in [1.82, 2.24) is 5.32 Å². The molecule has 0 bridgehead atoms. The van der Waals surface area contributed by atoms with Crippen molar-refractivity contribution in [2.24, 2.45) is 5.73 Å². The third kappa shape index (κ3) is 4.31. The van der Waals surface area contributed by atoms with Crippen LogP contribution in [0, 0.1) is 0 Å². The summed E-state index contributed by atoms with van der Waals surface area (Å²) in [6.45, 7) is 0.364. The SMILES string of the molecule is N[C@H](CCNC(=O)O)c1cccc(Br)c1. The first-order valence-corrected chi connectivity index (χ1v) is 5.36. The van der Waals surface area contributed by atoms with Crippen LogP contribution >= 0.6 is 15.9 Å². The molecule has 1 rings (SSSR count). The molecule has 1 aromatic carbocycles. The highest BCUT2D eigenvalue weighted by Crippen LogP contribution is 2.18. The van der Waals surface area contributed by atoms with Gasteiger partial charge < -0.3 is 16.2 Å². The minimum Gasteiger partial charge on any atom is -0.465 e. The maximum Gasteiger partial charge on any atom is 0.404 e. The van der Waals surface area contributed by atoms with Crippen LogP contribution in [0.15, 0.2) is 28.7 Å². The third-order valence-corrected chi connectivity index (χ3v) is 2.50. The van der Waals surface area contributed by atoms with Crippen molar-refractivity contribution in [1.29, 1.82) is 0 Å². The van der Waals surface area contributed by atoms with Crippen molar-refractivity contribution >= 4 is 22.0 Å². The second-order valence-corrected chi connectivity index (χ2v) is 4.10. The number of rotatable bonds is 4. The Morgan fingerprint density at radius 2 is 2.33 bits per heavy atom.